The molecule has 0 aliphatic rings. The lowest BCUT2D eigenvalue weighted by Crippen LogP contribution is -1.98. The van der Waals surface area contributed by atoms with Gasteiger partial charge in [-0.3, -0.25) is 4.79 Å². The van der Waals surface area contributed by atoms with Crippen molar-refractivity contribution >= 4 is 12.1 Å². The lowest BCUT2D eigenvalue weighted by atomic mass is 10.1. The van der Waals surface area contributed by atoms with E-state index in [-0.39, 0.29) is 11.6 Å². The summed E-state index contributed by atoms with van der Waals surface area (Å²) in [6.07, 6.45) is 2.08. The summed E-state index contributed by atoms with van der Waals surface area (Å²) >= 11 is 0. The third-order valence-corrected chi connectivity index (χ3v) is 1.89. The summed E-state index contributed by atoms with van der Waals surface area (Å²) in [4.78, 5) is 21.4. The van der Waals surface area contributed by atoms with Crippen LogP contribution in [0.5, 0.6) is 0 Å². The quantitative estimate of drug-likeness (QED) is 0.408. The van der Waals surface area contributed by atoms with E-state index in [4.69, 9.17) is 0 Å². The number of unbranched alkanes of at least 4 members (excludes halogenated alkanes) is 1. The number of rotatable bonds is 5. The molecule has 0 unspecified atom stereocenters. The second-order valence-corrected chi connectivity index (χ2v) is 2.99. The molecule has 0 aliphatic carbocycles. The molecule has 3 heteroatoms. The minimum absolute atomic E-state index is 0.0492. The Morgan fingerprint density at radius 2 is 1.93 bits per heavy atom. The molecule has 0 saturated carbocycles. The highest BCUT2D eigenvalue weighted by Gasteiger charge is 2.04. The smallest absolute Gasteiger partial charge is 0.162 e. The molecule has 0 fully saturated rings. The molecule has 0 spiro atoms. The number of hydrogen-bond acceptors (Lipinski definition) is 2. The molecule has 0 atom stereocenters. The zero-order valence-corrected chi connectivity index (χ0v) is 7.70. The highest BCUT2D eigenvalue weighted by atomic mass is 18.2. The van der Waals surface area contributed by atoms with Gasteiger partial charge in [-0.05, 0) is 30.7 Å². The van der Waals surface area contributed by atoms with Crippen LogP contribution >= 0.6 is 0 Å². The molecule has 0 aliphatic heterocycles. The number of carbonyl (C=O) groups is 2. The van der Waals surface area contributed by atoms with Crippen molar-refractivity contribution in [2.45, 2.75) is 19.3 Å². The zero-order valence-electron chi connectivity index (χ0n) is 7.70. The van der Waals surface area contributed by atoms with Crippen molar-refractivity contribution in [1.29, 1.82) is 0 Å². The first-order chi connectivity index (χ1) is 6.74. The fourth-order valence-electron chi connectivity index (χ4n) is 1.13. The van der Waals surface area contributed by atoms with Crippen LogP contribution in [0.3, 0.4) is 0 Å². The van der Waals surface area contributed by atoms with Gasteiger partial charge in [0.15, 0.2) is 5.78 Å². The topological polar surface area (TPSA) is 34.1 Å². The molecule has 1 rings (SSSR count). The number of benzene rings is 1. The summed E-state index contributed by atoms with van der Waals surface area (Å²) in [6.45, 7) is 0. The molecular formula is C11H11FO2. The Bertz CT molecular complexity index is 317. The molecular weight excluding hydrogens is 182 g/mol. The van der Waals surface area contributed by atoms with Crippen LogP contribution in [-0.4, -0.2) is 12.1 Å². The summed E-state index contributed by atoms with van der Waals surface area (Å²) in [7, 11) is 0. The van der Waals surface area contributed by atoms with Gasteiger partial charge in [-0.2, -0.15) is 0 Å². The molecule has 0 bridgehead atoms. The largest absolute Gasteiger partial charge is 0.303 e. The minimum atomic E-state index is -0.352. The molecule has 0 saturated heterocycles. The molecule has 2 nitrogen and oxygen atoms in total. The highest BCUT2D eigenvalue weighted by molar-refractivity contribution is 5.96. The molecule has 0 N–H and O–H groups in total. The van der Waals surface area contributed by atoms with Crippen LogP contribution in [0.1, 0.15) is 29.6 Å². The zero-order chi connectivity index (χ0) is 10.4. The van der Waals surface area contributed by atoms with E-state index >= 15 is 0 Å². The molecule has 1 aromatic carbocycles. The van der Waals surface area contributed by atoms with Gasteiger partial charge < -0.3 is 4.79 Å². The second-order valence-electron chi connectivity index (χ2n) is 2.99. The van der Waals surface area contributed by atoms with Gasteiger partial charge in [0.2, 0.25) is 0 Å². The van der Waals surface area contributed by atoms with Gasteiger partial charge in [0.1, 0.15) is 12.1 Å². The van der Waals surface area contributed by atoms with Crippen LogP contribution in [0.15, 0.2) is 24.3 Å². The molecule has 0 aromatic heterocycles. The van der Waals surface area contributed by atoms with Crippen molar-refractivity contribution in [3.8, 4) is 0 Å². The fraction of sp³-hybridized carbons (Fsp3) is 0.273. The van der Waals surface area contributed by atoms with Gasteiger partial charge in [-0.1, -0.05) is 0 Å². The molecule has 14 heavy (non-hydrogen) atoms. The SMILES string of the molecule is O=CCCCC(=O)c1ccc([18F])cc1. The maximum absolute atomic E-state index is 12.5. The van der Waals surface area contributed by atoms with Crippen LogP contribution in [0, 0.1) is 5.82 Å². The maximum atomic E-state index is 12.5. The van der Waals surface area contributed by atoms with Crippen LogP contribution in [-0.2, 0) is 4.79 Å². The van der Waals surface area contributed by atoms with Crippen molar-refractivity contribution in [3.05, 3.63) is 35.6 Å². The number of carbonyl (C=O) groups excluding carboxylic acids is 2. The number of halogens is 1. The summed E-state index contributed by atoms with van der Waals surface area (Å²) in [5.74, 6) is -0.402. The maximum Gasteiger partial charge on any atom is 0.162 e. The van der Waals surface area contributed by atoms with Crippen LogP contribution in [0.25, 0.3) is 0 Å². The van der Waals surface area contributed by atoms with Crippen LogP contribution < -0.4 is 0 Å². The van der Waals surface area contributed by atoms with Gasteiger partial charge in [-0.25, -0.2) is 4.39 Å². The fourth-order valence-corrected chi connectivity index (χ4v) is 1.13. The Kier molecular flexibility index (Phi) is 3.98. The van der Waals surface area contributed by atoms with Gasteiger partial charge in [0.25, 0.3) is 0 Å². The van der Waals surface area contributed by atoms with Gasteiger partial charge in [0, 0.05) is 18.4 Å². The Morgan fingerprint density at radius 1 is 1.29 bits per heavy atom. The predicted molar refractivity (Wildman–Crippen MR) is 50.6 cm³/mol. The lowest BCUT2D eigenvalue weighted by molar-refractivity contribution is -0.107. The first kappa shape index (κ1) is 10.6. The normalized spacial score (nSPS) is 9.79. The van der Waals surface area contributed by atoms with E-state index in [1.807, 2.05) is 0 Å². The molecule has 0 heterocycles. The summed E-state index contributed by atoms with van der Waals surface area (Å²) < 4.78 is 12.5. The van der Waals surface area contributed by atoms with Crippen molar-refractivity contribution in [2.75, 3.05) is 0 Å². The molecule has 74 valence electrons. The minimum Gasteiger partial charge on any atom is -0.303 e. The summed E-state index contributed by atoms with van der Waals surface area (Å²) in [5, 5.41) is 0. The van der Waals surface area contributed by atoms with Crippen LogP contribution in [0.4, 0.5) is 4.39 Å². The first-order valence-corrected chi connectivity index (χ1v) is 4.46. The molecule has 0 amide bonds. The number of ketones is 1. The first-order valence-electron chi connectivity index (χ1n) is 4.46. The van der Waals surface area contributed by atoms with E-state index < -0.39 is 0 Å². The highest BCUT2D eigenvalue weighted by Crippen LogP contribution is 2.07. The van der Waals surface area contributed by atoms with E-state index in [0.29, 0.717) is 24.8 Å². The van der Waals surface area contributed by atoms with Crippen LogP contribution in [0.2, 0.25) is 0 Å². The van der Waals surface area contributed by atoms with Crippen molar-refractivity contribution in [1.82, 2.24) is 0 Å². The van der Waals surface area contributed by atoms with Gasteiger partial charge in [-0.15, -0.1) is 0 Å². The van der Waals surface area contributed by atoms with Gasteiger partial charge >= 0.3 is 0 Å². The third kappa shape index (κ3) is 3.09. The Balaban J connectivity index is 2.52. The van der Waals surface area contributed by atoms with E-state index in [1.165, 1.54) is 24.3 Å². The monoisotopic (exact) mass is 193 g/mol. The summed E-state index contributed by atoms with van der Waals surface area (Å²) in [5.41, 5.74) is 0.497. The van der Waals surface area contributed by atoms with E-state index in [9.17, 15) is 14.0 Å². The Morgan fingerprint density at radius 3 is 2.50 bits per heavy atom. The van der Waals surface area contributed by atoms with Crippen molar-refractivity contribution < 1.29 is 14.0 Å². The predicted octanol–water partition coefficient (Wildman–Crippen LogP) is 2.38. The standard InChI is InChI=1S/C11H11FO2/c12-10-6-4-9(5-7-10)11(14)3-1-2-8-13/h4-8H,1-3H2/i12-1. The second kappa shape index (κ2) is 5.27. The number of aldehydes is 1. The van der Waals surface area contributed by atoms with Gasteiger partial charge in [0.05, 0.1) is 0 Å². The summed E-state index contributed by atoms with van der Waals surface area (Å²) in [6, 6.07) is 5.43. The average Bonchev–Trinajstić information content (AvgIpc) is 2.19. The van der Waals surface area contributed by atoms with E-state index in [1.54, 1.807) is 0 Å². The average molecular weight is 193 g/mol. The Hall–Kier alpha value is -1.51. The van der Waals surface area contributed by atoms with Crippen molar-refractivity contribution in [2.24, 2.45) is 0 Å². The number of Topliss-reactive ketones (excluding diaryl/α,β-unsaturated/α-hetero) is 1. The van der Waals surface area contributed by atoms with Crippen molar-refractivity contribution in [3.63, 3.8) is 0 Å². The molecule has 0 radical (unpaired) electrons. The third-order valence-electron chi connectivity index (χ3n) is 1.89. The Labute approximate surface area is 81.7 Å². The van der Waals surface area contributed by atoms with E-state index in [2.05, 4.69) is 0 Å². The van der Waals surface area contributed by atoms with E-state index in [0.717, 1.165) is 6.29 Å². The number of hydrogen-bond donors (Lipinski definition) is 0. The lowest BCUT2D eigenvalue weighted by Gasteiger charge is -1.98. The molecule has 1 aromatic rings.